The Morgan fingerprint density at radius 2 is 1.84 bits per heavy atom. The Morgan fingerprint density at radius 1 is 1.16 bits per heavy atom. The average molecular weight is 259 g/mol. The molecule has 0 saturated heterocycles. The van der Waals surface area contributed by atoms with Gasteiger partial charge in [-0.2, -0.15) is 0 Å². The first-order chi connectivity index (χ1) is 9.15. The topological polar surface area (TPSA) is 53.7 Å². The van der Waals surface area contributed by atoms with Crippen LogP contribution in [0, 0.1) is 0 Å². The number of aryl methyl sites for hydroxylation is 1. The number of nitrogens with zero attached hydrogens (tertiary/aromatic N) is 1. The molecule has 2 aromatic rings. The summed E-state index contributed by atoms with van der Waals surface area (Å²) in [4.78, 5) is 12.6. The zero-order valence-electron chi connectivity index (χ0n) is 10.9. The Balaban J connectivity index is 1.94. The highest BCUT2D eigenvalue weighted by Crippen LogP contribution is 2.17. The summed E-state index contributed by atoms with van der Waals surface area (Å²) in [6, 6.07) is 13.8. The Kier molecular flexibility index (Phi) is 4.23. The molecular formula is C15H17NO3. The van der Waals surface area contributed by atoms with Gasteiger partial charge in [0, 0.05) is 19.2 Å². The van der Waals surface area contributed by atoms with Crippen molar-refractivity contribution in [3.8, 4) is 0 Å². The lowest BCUT2D eigenvalue weighted by atomic mass is 10.2. The maximum Gasteiger partial charge on any atom is 0.303 e. The van der Waals surface area contributed by atoms with Crippen LogP contribution in [0.25, 0.3) is 0 Å². The van der Waals surface area contributed by atoms with Crippen LogP contribution in [-0.4, -0.2) is 18.1 Å². The molecule has 19 heavy (non-hydrogen) atoms. The van der Waals surface area contributed by atoms with Crippen LogP contribution < -0.4 is 4.90 Å². The van der Waals surface area contributed by atoms with Gasteiger partial charge in [0.15, 0.2) is 0 Å². The molecule has 4 nitrogen and oxygen atoms in total. The van der Waals surface area contributed by atoms with Gasteiger partial charge in [0.2, 0.25) is 0 Å². The van der Waals surface area contributed by atoms with Gasteiger partial charge < -0.3 is 14.4 Å². The predicted molar refractivity (Wildman–Crippen MR) is 73.2 cm³/mol. The average Bonchev–Trinajstić information content (AvgIpc) is 2.85. The fraction of sp³-hybridized carbons (Fsp3) is 0.267. The monoisotopic (exact) mass is 259 g/mol. The largest absolute Gasteiger partial charge is 0.481 e. The molecule has 4 heteroatoms. The van der Waals surface area contributed by atoms with E-state index in [1.54, 1.807) is 0 Å². The number of furan rings is 1. The van der Waals surface area contributed by atoms with E-state index in [1.165, 1.54) is 0 Å². The van der Waals surface area contributed by atoms with Crippen molar-refractivity contribution in [3.05, 3.63) is 54.0 Å². The van der Waals surface area contributed by atoms with Gasteiger partial charge in [0.05, 0.1) is 13.0 Å². The third kappa shape index (κ3) is 3.88. The number of carboxylic acids is 1. The number of aliphatic carboxylic acids is 1. The number of carbonyl (C=O) groups is 1. The minimum Gasteiger partial charge on any atom is -0.481 e. The Bertz CT molecular complexity index is 533. The van der Waals surface area contributed by atoms with Crippen LogP contribution >= 0.6 is 0 Å². The highest BCUT2D eigenvalue weighted by atomic mass is 16.4. The number of benzene rings is 1. The van der Waals surface area contributed by atoms with E-state index in [1.807, 2.05) is 49.5 Å². The Morgan fingerprint density at radius 3 is 2.53 bits per heavy atom. The molecule has 0 radical (unpaired) electrons. The normalized spacial score (nSPS) is 10.4. The molecule has 0 aliphatic heterocycles. The van der Waals surface area contributed by atoms with Gasteiger partial charge in [-0.3, -0.25) is 4.79 Å². The Labute approximate surface area is 112 Å². The minimum atomic E-state index is -0.806. The molecule has 0 aliphatic carbocycles. The third-order valence-corrected chi connectivity index (χ3v) is 2.89. The van der Waals surface area contributed by atoms with Crippen molar-refractivity contribution < 1.29 is 14.3 Å². The van der Waals surface area contributed by atoms with Crippen molar-refractivity contribution >= 4 is 11.7 Å². The maximum absolute atomic E-state index is 10.5. The number of carboxylic acid groups (broad SMARTS) is 1. The summed E-state index contributed by atoms with van der Waals surface area (Å²) in [5.41, 5.74) is 1.12. The molecule has 1 aromatic heterocycles. The van der Waals surface area contributed by atoms with Gasteiger partial charge in [-0.1, -0.05) is 18.2 Å². The standard InChI is InChI=1S/C15H17NO3/c1-16(12-5-3-2-4-6-12)11-14-8-7-13(19-14)9-10-15(17)18/h2-8H,9-11H2,1H3,(H,17,18). The van der Waals surface area contributed by atoms with Crippen molar-refractivity contribution in [2.75, 3.05) is 11.9 Å². The van der Waals surface area contributed by atoms with E-state index in [0.717, 1.165) is 17.2 Å². The van der Waals surface area contributed by atoms with Crippen LogP contribution in [0.5, 0.6) is 0 Å². The summed E-state index contributed by atoms with van der Waals surface area (Å²) in [7, 11) is 1.99. The highest BCUT2D eigenvalue weighted by Gasteiger charge is 2.07. The van der Waals surface area contributed by atoms with Gasteiger partial charge in [-0.05, 0) is 24.3 Å². The molecule has 0 saturated carbocycles. The molecule has 0 unspecified atom stereocenters. The number of hydrogen-bond acceptors (Lipinski definition) is 3. The van der Waals surface area contributed by atoms with Crippen LogP contribution in [0.4, 0.5) is 5.69 Å². The van der Waals surface area contributed by atoms with E-state index in [9.17, 15) is 4.79 Å². The molecule has 0 aliphatic rings. The van der Waals surface area contributed by atoms with Crippen LogP contribution in [0.1, 0.15) is 17.9 Å². The quantitative estimate of drug-likeness (QED) is 0.866. The van der Waals surface area contributed by atoms with Crippen LogP contribution in [0.15, 0.2) is 46.9 Å². The molecular weight excluding hydrogens is 242 g/mol. The first-order valence-electron chi connectivity index (χ1n) is 6.21. The molecule has 0 amide bonds. The van der Waals surface area contributed by atoms with Crippen LogP contribution in [-0.2, 0) is 17.8 Å². The first kappa shape index (κ1) is 13.2. The molecule has 1 aromatic carbocycles. The van der Waals surface area contributed by atoms with Crippen molar-refractivity contribution in [3.63, 3.8) is 0 Å². The zero-order chi connectivity index (χ0) is 13.7. The highest BCUT2D eigenvalue weighted by molar-refractivity contribution is 5.66. The lowest BCUT2D eigenvalue weighted by Gasteiger charge is -2.17. The smallest absolute Gasteiger partial charge is 0.303 e. The summed E-state index contributed by atoms with van der Waals surface area (Å²) in [6.45, 7) is 0.664. The maximum atomic E-state index is 10.5. The minimum absolute atomic E-state index is 0.0987. The molecule has 1 N–H and O–H groups in total. The first-order valence-corrected chi connectivity index (χ1v) is 6.21. The van der Waals surface area contributed by atoms with E-state index in [-0.39, 0.29) is 6.42 Å². The number of rotatable bonds is 6. The zero-order valence-corrected chi connectivity index (χ0v) is 10.9. The van der Waals surface area contributed by atoms with Gasteiger partial charge >= 0.3 is 5.97 Å². The van der Waals surface area contributed by atoms with E-state index >= 15 is 0 Å². The molecule has 0 fully saturated rings. The second-order valence-corrected chi connectivity index (χ2v) is 4.45. The molecule has 2 rings (SSSR count). The Hall–Kier alpha value is -2.23. The molecule has 0 spiro atoms. The number of para-hydroxylation sites is 1. The lowest BCUT2D eigenvalue weighted by molar-refractivity contribution is -0.137. The van der Waals surface area contributed by atoms with Crippen molar-refractivity contribution in [1.29, 1.82) is 0 Å². The van der Waals surface area contributed by atoms with Crippen molar-refractivity contribution in [2.24, 2.45) is 0 Å². The van der Waals surface area contributed by atoms with Crippen LogP contribution in [0.2, 0.25) is 0 Å². The molecule has 0 bridgehead atoms. The van der Waals surface area contributed by atoms with Gasteiger partial charge in [-0.15, -0.1) is 0 Å². The molecule has 1 heterocycles. The fourth-order valence-corrected chi connectivity index (χ4v) is 1.88. The SMILES string of the molecule is CN(Cc1ccc(CCC(=O)O)o1)c1ccccc1. The predicted octanol–water partition coefficient (Wildman–Crippen LogP) is 2.93. The van der Waals surface area contributed by atoms with Crippen molar-refractivity contribution in [1.82, 2.24) is 0 Å². The van der Waals surface area contributed by atoms with E-state index < -0.39 is 5.97 Å². The van der Waals surface area contributed by atoms with Crippen LogP contribution in [0.3, 0.4) is 0 Å². The van der Waals surface area contributed by atoms with Crippen molar-refractivity contribution in [2.45, 2.75) is 19.4 Å². The second-order valence-electron chi connectivity index (χ2n) is 4.45. The summed E-state index contributed by atoms with van der Waals surface area (Å²) >= 11 is 0. The summed E-state index contributed by atoms with van der Waals surface area (Å²) in [5.74, 6) is 0.755. The summed E-state index contributed by atoms with van der Waals surface area (Å²) in [6.07, 6.45) is 0.534. The molecule has 100 valence electrons. The second kappa shape index (κ2) is 6.09. The summed E-state index contributed by atoms with van der Waals surface area (Å²) < 4.78 is 5.62. The van der Waals surface area contributed by atoms with E-state index in [4.69, 9.17) is 9.52 Å². The summed E-state index contributed by atoms with van der Waals surface area (Å²) in [5, 5.41) is 8.63. The number of hydrogen-bond donors (Lipinski definition) is 1. The van der Waals surface area contributed by atoms with E-state index in [0.29, 0.717) is 13.0 Å². The van der Waals surface area contributed by atoms with Gasteiger partial charge in [0.1, 0.15) is 11.5 Å². The van der Waals surface area contributed by atoms with Gasteiger partial charge in [0.25, 0.3) is 0 Å². The molecule has 0 atom stereocenters. The lowest BCUT2D eigenvalue weighted by Crippen LogP contribution is -2.15. The van der Waals surface area contributed by atoms with Gasteiger partial charge in [-0.25, -0.2) is 0 Å². The number of anilines is 1. The fourth-order valence-electron chi connectivity index (χ4n) is 1.88. The van der Waals surface area contributed by atoms with E-state index in [2.05, 4.69) is 4.90 Å². The third-order valence-electron chi connectivity index (χ3n) is 2.89.